The standard InChI is InChI=1S/C14H31NO3/c1-2-3-4-5-6-7-8-9-11-15-18-12-10-14(17)13-16/h14-17H,2-13H2,1H3. The highest BCUT2D eigenvalue weighted by Gasteiger charge is 2.00. The van der Waals surface area contributed by atoms with Crippen LogP contribution in [0.2, 0.25) is 0 Å². The fourth-order valence-electron chi connectivity index (χ4n) is 1.76. The van der Waals surface area contributed by atoms with Gasteiger partial charge in [-0.2, -0.15) is 0 Å². The van der Waals surface area contributed by atoms with Crippen molar-refractivity contribution in [1.82, 2.24) is 5.48 Å². The van der Waals surface area contributed by atoms with E-state index in [0.29, 0.717) is 13.0 Å². The number of rotatable bonds is 14. The van der Waals surface area contributed by atoms with Gasteiger partial charge in [-0.15, -0.1) is 0 Å². The van der Waals surface area contributed by atoms with Crippen LogP contribution in [0, 0.1) is 0 Å². The summed E-state index contributed by atoms with van der Waals surface area (Å²) in [4.78, 5) is 5.14. The zero-order valence-corrected chi connectivity index (χ0v) is 11.9. The average molecular weight is 261 g/mol. The lowest BCUT2D eigenvalue weighted by Crippen LogP contribution is -2.21. The number of unbranched alkanes of at least 4 members (excludes halogenated alkanes) is 7. The van der Waals surface area contributed by atoms with Crippen LogP contribution in [-0.4, -0.2) is 36.1 Å². The summed E-state index contributed by atoms with van der Waals surface area (Å²) in [5.41, 5.74) is 2.88. The van der Waals surface area contributed by atoms with Crippen LogP contribution in [0.4, 0.5) is 0 Å². The molecule has 1 unspecified atom stereocenters. The third-order valence-corrected chi connectivity index (χ3v) is 3.00. The SMILES string of the molecule is CCCCCCCCCCNOCCC(O)CO. The Balaban J connectivity index is 2.94. The molecule has 0 radical (unpaired) electrons. The van der Waals surface area contributed by atoms with Crippen molar-refractivity contribution in [2.24, 2.45) is 0 Å². The van der Waals surface area contributed by atoms with Crippen molar-refractivity contribution in [2.45, 2.75) is 70.8 Å². The summed E-state index contributed by atoms with van der Waals surface area (Å²) in [7, 11) is 0. The Labute approximate surface area is 112 Å². The van der Waals surface area contributed by atoms with Crippen molar-refractivity contribution in [3.05, 3.63) is 0 Å². The van der Waals surface area contributed by atoms with Gasteiger partial charge in [0.15, 0.2) is 0 Å². The summed E-state index contributed by atoms with van der Waals surface area (Å²) in [5, 5.41) is 17.6. The molecule has 0 saturated heterocycles. The third-order valence-electron chi connectivity index (χ3n) is 3.00. The molecule has 4 heteroatoms. The summed E-state index contributed by atoms with van der Waals surface area (Å²) < 4.78 is 0. The van der Waals surface area contributed by atoms with Crippen LogP contribution in [0.3, 0.4) is 0 Å². The molecule has 0 amide bonds. The molecule has 3 N–H and O–H groups in total. The zero-order chi connectivity index (χ0) is 13.5. The van der Waals surface area contributed by atoms with Crippen molar-refractivity contribution in [3.63, 3.8) is 0 Å². The molecule has 0 aromatic heterocycles. The van der Waals surface area contributed by atoms with Crippen molar-refractivity contribution in [3.8, 4) is 0 Å². The van der Waals surface area contributed by atoms with E-state index in [2.05, 4.69) is 12.4 Å². The molecule has 0 aliphatic rings. The molecule has 0 bridgehead atoms. The number of hydrogen-bond donors (Lipinski definition) is 3. The smallest absolute Gasteiger partial charge is 0.0793 e. The number of hydroxylamine groups is 1. The van der Waals surface area contributed by atoms with Gasteiger partial charge in [-0.1, -0.05) is 51.9 Å². The summed E-state index contributed by atoms with van der Waals surface area (Å²) in [6.07, 6.45) is 10.3. The molecule has 0 saturated carbocycles. The Hall–Kier alpha value is -0.160. The molecule has 0 fully saturated rings. The third kappa shape index (κ3) is 13.9. The average Bonchev–Trinajstić information content (AvgIpc) is 2.39. The lowest BCUT2D eigenvalue weighted by Gasteiger charge is -2.08. The van der Waals surface area contributed by atoms with Crippen LogP contribution in [0.25, 0.3) is 0 Å². The lowest BCUT2D eigenvalue weighted by molar-refractivity contribution is 0.00473. The predicted molar refractivity (Wildman–Crippen MR) is 74.3 cm³/mol. The van der Waals surface area contributed by atoms with E-state index in [1.165, 1.54) is 44.9 Å². The molecule has 4 nitrogen and oxygen atoms in total. The van der Waals surface area contributed by atoms with Crippen LogP contribution in [-0.2, 0) is 4.84 Å². The molecule has 0 aromatic carbocycles. The molecular weight excluding hydrogens is 230 g/mol. The second-order valence-electron chi connectivity index (χ2n) is 4.84. The quantitative estimate of drug-likeness (QED) is 0.332. The van der Waals surface area contributed by atoms with Crippen molar-refractivity contribution in [2.75, 3.05) is 19.8 Å². The topological polar surface area (TPSA) is 61.7 Å². The van der Waals surface area contributed by atoms with Gasteiger partial charge in [0.2, 0.25) is 0 Å². The van der Waals surface area contributed by atoms with Crippen molar-refractivity contribution < 1.29 is 15.1 Å². The first-order valence-corrected chi connectivity index (χ1v) is 7.44. The monoisotopic (exact) mass is 261 g/mol. The Morgan fingerprint density at radius 2 is 1.61 bits per heavy atom. The Bertz CT molecular complexity index is 156. The molecule has 0 heterocycles. The van der Waals surface area contributed by atoms with Crippen LogP contribution in [0.5, 0.6) is 0 Å². The van der Waals surface area contributed by atoms with Gasteiger partial charge in [0.25, 0.3) is 0 Å². The van der Waals surface area contributed by atoms with Crippen LogP contribution in [0.1, 0.15) is 64.7 Å². The summed E-state index contributed by atoms with van der Waals surface area (Å²) in [6, 6.07) is 0. The number of aliphatic hydroxyl groups is 2. The molecule has 0 rings (SSSR count). The van der Waals surface area contributed by atoms with E-state index in [1.807, 2.05) is 0 Å². The van der Waals surface area contributed by atoms with E-state index in [9.17, 15) is 0 Å². The molecule has 18 heavy (non-hydrogen) atoms. The van der Waals surface area contributed by atoms with Crippen LogP contribution in [0.15, 0.2) is 0 Å². The fourth-order valence-corrected chi connectivity index (χ4v) is 1.76. The van der Waals surface area contributed by atoms with Gasteiger partial charge in [0.1, 0.15) is 0 Å². The van der Waals surface area contributed by atoms with Gasteiger partial charge in [-0.05, 0) is 6.42 Å². The molecule has 0 spiro atoms. The lowest BCUT2D eigenvalue weighted by atomic mass is 10.1. The Kier molecular flexibility index (Phi) is 14.8. The molecule has 1 atom stereocenters. The van der Waals surface area contributed by atoms with E-state index >= 15 is 0 Å². The van der Waals surface area contributed by atoms with Gasteiger partial charge in [-0.3, -0.25) is 0 Å². The molecule has 0 aliphatic carbocycles. The number of hydrogen-bond acceptors (Lipinski definition) is 4. The second-order valence-corrected chi connectivity index (χ2v) is 4.84. The van der Waals surface area contributed by atoms with Crippen LogP contribution < -0.4 is 5.48 Å². The van der Waals surface area contributed by atoms with E-state index in [4.69, 9.17) is 15.1 Å². The maximum atomic E-state index is 9.06. The minimum absolute atomic E-state index is 0.193. The summed E-state index contributed by atoms with van der Waals surface area (Å²) in [5.74, 6) is 0. The maximum Gasteiger partial charge on any atom is 0.0793 e. The van der Waals surface area contributed by atoms with Crippen molar-refractivity contribution >= 4 is 0 Å². The van der Waals surface area contributed by atoms with Gasteiger partial charge in [0.05, 0.1) is 19.3 Å². The van der Waals surface area contributed by atoms with E-state index in [0.717, 1.165) is 13.0 Å². The fraction of sp³-hybridized carbons (Fsp3) is 1.00. The summed E-state index contributed by atoms with van der Waals surface area (Å²) >= 11 is 0. The van der Waals surface area contributed by atoms with Gasteiger partial charge in [-0.25, -0.2) is 5.48 Å². The molecular formula is C14H31NO3. The first-order chi connectivity index (χ1) is 8.81. The minimum atomic E-state index is -0.657. The van der Waals surface area contributed by atoms with E-state index in [-0.39, 0.29) is 6.61 Å². The first-order valence-electron chi connectivity index (χ1n) is 7.44. The Morgan fingerprint density at radius 1 is 1.00 bits per heavy atom. The highest BCUT2D eigenvalue weighted by molar-refractivity contribution is 4.50. The number of aliphatic hydroxyl groups excluding tert-OH is 2. The summed E-state index contributed by atoms with van der Waals surface area (Å²) in [6.45, 7) is 3.36. The van der Waals surface area contributed by atoms with Crippen LogP contribution >= 0.6 is 0 Å². The molecule has 0 aromatic rings. The minimum Gasteiger partial charge on any atom is -0.394 e. The molecule has 110 valence electrons. The van der Waals surface area contributed by atoms with E-state index in [1.54, 1.807) is 0 Å². The zero-order valence-electron chi connectivity index (χ0n) is 11.9. The highest BCUT2D eigenvalue weighted by atomic mass is 16.6. The first kappa shape index (κ1) is 17.8. The normalized spacial score (nSPS) is 12.8. The highest BCUT2D eigenvalue weighted by Crippen LogP contribution is 2.07. The predicted octanol–water partition coefficient (Wildman–Crippen LogP) is 2.39. The second kappa shape index (κ2) is 14.9. The largest absolute Gasteiger partial charge is 0.394 e. The Morgan fingerprint density at radius 3 is 2.22 bits per heavy atom. The molecule has 0 aliphatic heterocycles. The maximum absolute atomic E-state index is 9.06. The van der Waals surface area contributed by atoms with Crippen molar-refractivity contribution in [1.29, 1.82) is 0 Å². The van der Waals surface area contributed by atoms with Gasteiger partial charge >= 0.3 is 0 Å². The van der Waals surface area contributed by atoms with E-state index < -0.39 is 6.10 Å². The van der Waals surface area contributed by atoms with Gasteiger partial charge in [0, 0.05) is 13.0 Å². The number of nitrogens with one attached hydrogen (secondary N) is 1. The van der Waals surface area contributed by atoms with Gasteiger partial charge < -0.3 is 15.1 Å².